The maximum atomic E-state index is 14.4. The molecule has 1 aliphatic heterocycles. The van der Waals surface area contributed by atoms with E-state index >= 15 is 0 Å². The standard InChI is InChI=1S/C22H25FN2O3/c1-3-13-10-19(24)21(15-6-9-17(18(23)12-15)22(27)28-2)25-20(11-13)14-4-7-16(26)8-5-14/h6,9,12-13,24H,3-5,7-8,10-11H2,1-2H3. The second kappa shape index (κ2) is 8.59. The van der Waals surface area contributed by atoms with Gasteiger partial charge in [0.05, 0.1) is 24.1 Å². The van der Waals surface area contributed by atoms with Crippen LogP contribution in [0, 0.1) is 17.1 Å². The fourth-order valence-electron chi connectivity index (χ4n) is 3.79. The Kier molecular flexibility index (Phi) is 6.17. The maximum absolute atomic E-state index is 14.4. The van der Waals surface area contributed by atoms with Crippen molar-refractivity contribution in [3.05, 3.63) is 46.4 Å². The largest absolute Gasteiger partial charge is 0.465 e. The first kappa shape index (κ1) is 20.1. The molecule has 28 heavy (non-hydrogen) atoms. The lowest BCUT2D eigenvalue weighted by molar-refractivity contribution is -0.119. The summed E-state index contributed by atoms with van der Waals surface area (Å²) in [6.45, 7) is 2.10. The number of carbonyl (C=O) groups excluding carboxylic acids is 2. The van der Waals surface area contributed by atoms with Crippen LogP contribution in [0.2, 0.25) is 0 Å². The van der Waals surface area contributed by atoms with E-state index in [1.54, 1.807) is 6.07 Å². The van der Waals surface area contributed by atoms with Crippen molar-refractivity contribution in [2.75, 3.05) is 7.11 Å². The van der Waals surface area contributed by atoms with Crippen LogP contribution in [-0.2, 0) is 9.53 Å². The van der Waals surface area contributed by atoms with Crippen molar-refractivity contribution in [3.63, 3.8) is 0 Å². The molecule has 1 aliphatic carbocycles. The average molecular weight is 384 g/mol. The second-order valence-corrected chi connectivity index (χ2v) is 7.40. The first-order valence-electron chi connectivity index (χ1n) is 9.70. The number of ether oxygens (including phenoxy) is 1. The summed E-state index contributed by atoms with van der Waals surface area (Å²) < 4.78 is 19.0. The van der Waals surface area contributed by atoms with Crippen molar-refractivity contribution in [2.45, 2.75) is 51.9 Å². The fourth-order valence-corrected chi connectivity index (χ4v) is 3.79. The lowest BCUT2D eigenvalue weighted by Crippen LogP contribution is -2.17. The number of rotatable bonds is 3. The van der Waals surface area contributed by atoms with Gasteiger partial charge in [-0.3, -0.25) is 9.79 Å². The van der Waals surface area contributed by atoms with Gasteiger partial charge in [0.1, 0.15) is 11.6 Å². The normalized spacial score (nSPS) is 20.7. The molecule has 1 aromatic rings. The molecular formula is C22H25FN2O3. The molecule has 1 atom stereocenters. The lowest BCUT2D eigenvalue weighted by atomic mass is 9.88. The van der Waals surface area contributed by atoms with Gasteiger partial charge in [-0.2, -0.15) is 0 Å². The van der Waals surface area contributed by atoms with Crippen molar-refractivity contribution < 1.29 is 18.7 Å². The van der Waals surface area contributed by atoms with Gasteiger partial charge in [-0.15, -0.1) is 0 Å². The summed E-state index contributed by atoms with van der Waals surface area (Å²) in [5.41, 5.74) is 3.29. The van der Waals surface area contributed by atoms with Crippen molar-refractivity contribution in [1.29, 1.82) is 5.41 Å². The van der Waals surface area contributed by atoms with Gasteiger partial charge < -0.3 is 10.1 Å². The van der Waals surface area contributed by atoms with Crippen LogP contribution in [0.1, 0.15) is 67.8 Å². The van der Waals surface area contributed by atoms with E-state index in [9.17, 15) is 14.0 Å². The van der Waals surface area contributed by atoms with Gasteiger partial charge in [-0.25, -0.2) is 9.18 Å². The number of hydrogen-bond donors (Lipinski definition) is 1. The number of ketones is 1. The van der Waals surface area contributed by atoms with Gasteiger partial charge in [-0.1, -0.05) is 19.4 Å². The molecule has 0 saturated heterocycles. The summed E-state index contributed by atoms with van der Waals surface area (Å²) in [6, 6.07) is 4.24. The molecule has 1 saturated carbocycles. The van der Waals surface area contributed by atoms with Gasteiger partial charge in [0.15, 0.2) is 0 Å². The zero-order valence-electron chi connectivity index (χ0n) is 16.3. The Balaban J connectivity index is 2.03. The highest BCUT2D eigenvalue weighted by Gasteiger charge is 2.25. The van der Waals surface area contributed by atoms with E-state index in [0.717, 1.165) is 18.5 Å². The predicted molar refractivity (Wildman–Crippen MR) is 106 cm³/mol. The third-order valence-electron chi connectivity index (χ3n) is 5.55. The van der Waals surface area contributed by atoms with E-state index < -0.39 is 11.8 Å². The third-order valence-corrected chi connectivity index (χ3v) is 5.55. The summed E-state index contributed by atoms with van der Waals surface area (Å²) >= 11 is 0. The molecule has 1 unspecified atom stereocenters. The Hall–Kier alpha value is -2.63. The zero-order valence-corrected chi connectivity index (χ0v) is 16.3. The van der Waals surface area contributed by atoms with E-state index in [2.05, 4.69) is 11.7 Å². The van der Waals surface area contributed by atoms with E-state index in [4.69, 9.17) is 10.4 Å². The average Bonchev–Trinajstić information content (AvgIpc) is 2.86. The number of hydrogen-bond acceptors (Lipinski definition) is 5. The fraction of sp³-hybridized carbons (Fsp3) is 0.455. The number of aliphatic imine (C=N–C) groups is 1. The van der Waals surface area contributed by atoms with Crippen LogP contribution in [0.3, 0.4) is 0 Å². The van der Waals surface area contributed by atoms with Gasteiger partial charge in [0, 0.05) is 24.1 Å². The van der Waals surface area contributed by atoms with Crippen LogP contribution in [0.5, 0.6) is 0 Å². The Labute approximate surface area is 164 Å². The minimum Gasteiger partial charge on any atom is -0.465 e. The second-order valence-electron chi connectivity index (χ2n) is 7.40. The molecule has 5 nitrogen and oxygen atoms in total. The van der Waals surface area contributed by atoms with Gasteiger partial charge in [0.25, 0.3) is 0 Å². The molecule has 3 rings (SSSR count). The van der Waals surface area contributed by atoms with E-state index in [0.29, 0.717) is 55.0 Å². The number of allylic oxidation sites excluding steroid dienone is 2. The van der Waals surface area contributed by atoms with Crippen molar-refractivity contribution in [2.24, 2.45) is 10.9 Å². The maximum Gasteiger partial charge on any atom is 0.340 e. The van der Waals surface area contributed by atoms with Crippen LogP contribution in [0.15, 0.2) is 34.5 Å². The summed E-state index contributed by atoms with van der Waals surface area (Å²) in [7, 11) is 1.21. The molecular weight excluding hydrogens is 359 g/mol. The molecule has 0 spiro atoms. The Morgan fingerprint density at radius 1 is 1.25 bits per heavy atom. The summed E-state index contributed by atoms with van der Waals surface area (Å²) in [5.74, 6) is -0.841. The number of esters is 1. The lowest BCUT2D eigenvalue weighted by Gasteiger charge is -2.18. The smallest absolute Gasteiger partial charge is 0.340 e. The van der Waals surface area contributed by atoms with E-state index in [1.807, 2.05) is 0 Å². The number of carbonyl (C=O) groups is 2. The Bertz CT molecular complexity index is 874. The Morgan fingerprint density at radius 3 is 2.57 bits per heavy atom. The highest BCUT2D eigenvalue weighted by atomic mass is 19.1. The molecule has 2 aliphatic rings. The molecule has 6 heteroatoms. The number of nitrogens with zero attached hydrogens (tertiary/aromatic N) is 1. The number of methoxy groups -OCH3 is 1. The Morgan fingerprint density at radius 2 is 1.96 bits per heavy atom. The first-order valence-corrected chi connectivity index (χ1v) is 9.70. The number of Topliss-reactive ketones (excluding diaryl/α,β-unsaturated/α-hetero) is 1. The molecule has 148 valence electrons. The molecule has 1 fully saturated rings. The number of benzene rings is 1. The van der Waals surface area contributed by atoms with Gasteiger partial charge in [0.2, 0.25) is 0 Å². The molecule has 1 aromatic carbocycles. The van der Waals surface area contributed by atoms with Gasteiger partial charge in [-0.05, 0) is 49.3 Å². The van der Waals surface area contributed by atoms with Crippen LogP contribution in [0.25, 0.3) is 0 Å². The van der Waals surface area contributed by atoms with Crippen LogP contribution >= 0.6 is 0 Å². The summed E-state index contributed by atoms with van der Waals surface area (Å²) in [4.78, 5) is 28.0. The van der Waals surface area contributed by atoms with Gasteiger partial charge >= 0.3 is 5.97 Å². The third kappa shape index (κ3) is 4.26. The van der Waals surface area contributed by atoms with Crippen molar-refractivity contribution >= 4 is 23.2 Å². The molecule has 1 N–H and O–H groups in total. The molecule has 0 bridgehead atoms. The van der Waals surface area contributed by atoms with E-state index in [1.165, 1.54) is 24.8 Å². The topological polar surface area (TPSA) is 79.6 Å². The molecule has 0 radical (unpaired) electrons. The number of nitrogens with one attached hydrogen (secondary N) is 1. The van der Waals surface area contributed by atoms with Crippen molar-refractivity contribution in [1.82, 2.24) is 0 Å². The monoisotopic (exact) mass is 384 g/mol. The minimum absolute atomic E-state index is 0.136. The van der Waals surface area contributed by atoms with Crippen LogP contribution < -0.4 is 0 Å². The van der Waals surface area contributed by atoms with E-state index in [-0.39, 0.29) is 11.3 Å². The number of halogens is 1. The molecule has 1 heterocycles. The predicted octanol–water partition coefficient (Wildman–Crippen LogP) is 4.64. The first-order chi connectivity index (χ1) is 13.4. The molecule has 0 amide bonds. The van der Waals surface area contributed by atoms with Crippen molar-refractivity contribution in [3.8, 4) is 0 Å². The zero-order chi connectivity index (χ0) is 20.3. The summed E-state index contributed by atoms with van der Waals surface area (Å²) in [5, 5.41) is 8.52. The minimum atomic E-state index is -0.734. The van der Waals surface area contributed by atoms with Crippen LogP contribution in [-0.4, -0.2) is 30.3 Å². The highest BCUT2D eigenvalue weighted by molar-refractivity contribution is 6.47. The SMILES string of the molecule is CCC1CC(=N)C(c2ccc(C(=O)OC)c(F)c2)=NC(=C2CCC(=O)CC2)C1. The summed E-state index contributed by atoms with van der Waals surface area (Å²) in [6.07, 6.45) is 4.78. The van der Waals surface area contributed by atoms with Crippen LogP contribution in [0.4, 0.5) is 4.39 Å². The molecule has 0 aromatic heterocycles. The highest BCUT2D eigenvalue weighted by Crippen LogP contribution is 2.33. The quantitative estimate of drug-likeness (QED) is 0.771.